The highest BCUT2D eigenvalue weighted by Gasteiger charge is 2.09. The molecule has 0 aliphatic carbocycles. The molecule has 0 saturated carbocycles. The van der Waals surface area contributed by atoms with E-state index in [-0.39, 0.29) is 5.91 Å². The summed E-state index contributed by atoms with van der Waals surface area (Å²) < 4.78 is 0. The molecule has 0 rings (SSSR count). The van der Waals surface area contributed by atoms with Crippen LogP contribution in [-0.4, -0.2) is 18.5 Å². The number of carbonyl (C=O) groups excluding carboxylic acids is 1. The van der Waals surface area contributed by atoms with Crippen molar-refractivity contribution in [3.05, 3.63) is 10.4 Å². The number of rotatable bonds is 5. The minimum absolute atomic E-state index is 0.210. The van der Waals surface area contributed by atoms with Crippen LogP contribution in [0.25, 0.3) is 10.4 Å². The quantitative estimate of drug-likeness (QED) is 0.395. The Morgan fingerprint density at radius 1 is 1.54 bits per heavy atom. The Morgan fingerprint density at radius 2 is 2.15 bits per heavy atom. The van der Waals surface area contributed by atoms with Gasteiger partial charge in [-0.2, -0.15) is 0 Å². The summed E-state index contributed by atoms with van der Waals surface area (Å²) >= 11 is 0. The number of nitrogens with zero attached hydrogens (tertiary/aromatic N) is 3. The average molecular weight is 184 g/mol. The second-order valence-electron chi connectivity index (χ2n) is 3.35. The topological polar surface area (TPSA) is 77.9 Å². The van der Waals surface area contributed by atoms with Crippen molar-refractivity contribution < 1.29 is 4.79 Å². The molecule has 0 aliphatic heterocycles. The molecule has 0 heterocycles. The molecule has 0 aliphatic rings. The van der Waals surface area contributed by atoms with Crippen LogP contribution in [0.15, 0.2) is 5.11 Å². The zero-order valence-electron chi connectivity index (χ0n) is 8.32. The Bertz CT molecular complexity index is 208. The smallest absolute Gasteiger partial charge is 0.228 e. The molecule has 74 valence electrons. The number of azide groups is 1. The lowest BCUT2D eigenvalue weighted by Gasteiger charge is -2.08. The number of amides is 1. The average Bonchev–Trinajstić information content (AvgIpc) is 2.04. The highest BCUT2D eigenvalue weighted by molar-refractivity contribution is 5.81. The van der Waals surface area contributed by atoms with E-state index in [9.17, 15) is 4.79 Å². The van der Waals surface area contributed by atoms with E-state index in [0.717, 1.165) is 6.42 Å². The van der Waals surface area contributed by atoms with Gasteiger partial charge in [-0.25, -0.2) is 0 Å². The predicted molar refractivity (Wildman–Crippen MR) is 51.1 cm³/mol. The van der Waals surface area contributed by atoms with E-state index >= 15 is 0 Å². The van der Waals surface area contributed by atoms with E-state index in [0.29, 0.717) is 12.5 Å². The van der Waals surface area contributed by atoms with Crippen molar-refractivity contribution in [2.75, 3.05) is 6.54 Å². The van der Waals surface area contributed by atoms with Crippen molar-refractivity contribution in [3.63, 3.8) is 0 Å². The summed E-state index contributed by atoms with van der Waals surface area (Å²) in [5.74, 6) is 0.355. The van der Waals surface area contributed by atoms with Gasteiger partial charge in [0, 0.05) is 11.5 Å². The van der Waals surface area contributed by atoms with Crippen LogP contribution in [0.2, 0.25) is 0 Å². The van der Waals surface area contributed by atoms with Crippen LogP contribution in [-0.2, 0) is 4.79 Å². The van der Waals surface area contributed by atoms with Gasteiger partial charge in [0.1, 0.15) is 6.04 Å². The molecule has 1 unspecified atom stereocenters. The second kappa shape index (κ2) is 6.31. The van der Waals surface area contributed by atoms with Crippen LogP contribution >= 0.6 is 0 Å². The first-order valence-corrected chi connectivity index (χ1v) is 4.39. The molecule has 0 spiro atoms. The van der Waals surface area contributed by atoms with Gasteiger partial charge in [-0.3, -0.25) is 4.79 Å². The fraction of sp³-hybridized carbons (Fsp3) is 0.875. The first-order valence-electron chi connectivity index (χ1n) is 4.39. The highest BCUT2D eigenvalue weighted by Crippen LogP contribution is 1.97. The van der Waals surface area contributed by atoms with Gasteiger partial charge >= 0.3 is 0 Å². The molecule has 5 nitrogen and oxygen atoms in total. The van der Waals surface area contributed by atoms with Gasteiger partial charge in [-0.1, -0.05) is 19.0 Å². The fourth-order valence-electron chi connectivity index (χ4n) is 0.762. The van der Waals surface area contributed by atoms with E-state index in [2.05, 4.69) is 29.2 Å². The summed E-state index contributed by atoms with van der Waals surface area (Å²) in [6.07, 6.45) is 0.939. The van der Waals surface area contributed by atoms with Crippen molar-refractivity contribution in [1.29, 1.82) is 0 Å². The number of hydrogen-bond donors (Lipinski definition) is 1. The van der Waals surface area contributed by atoms with Crippen LogP contribution in [0.5, 0.6) is 0 Å². The molecule has 13 heavy (non-hydrogen) atoms. The Morgan fingerprint density at radius 3 is 2.62 bits per heavy atom. The Kier molecular flexibility index (Phi) is 5.72. The maximum absolute atomic E-state index is 11.1. The fourth-order valence-corrected chi connectivity index (χ4v) is 0.762. The van der Waals surface area contributed by atoms with E-state index in [1.165, 1.54) is 0 Å². The molecule has 0 saturated heterocycles. The van der Waals surface area contributed by atoms with Gasteiger partial charge in [0.25, 0.3) is 0 Å². The zero-order valence-corrected chi connectivity index (χ0v) is 8.32. The summed E-state index contributed by atoms with van der Waals surface area (Å²) in [6.45, 7) is 6.39. The van der Waals surface area contributed by atoms with E-state index in [4.69, 9.17) is 5.53 Å². The normalized spacial score (nSPS) is 12.0. The molecule has 1 amide bonds. The van der Waals surface area contributed by atoms with Crippen LogP contribution < -0.4 is 5.32 Å². The third-order valence-electron chi connectivity index (χ3n) is 1.63. The van der Waals surface area contributed by atoms with Crippen LogP contribution in [0.1, 0.15) is 27.2 Å². The number of carbonyl (C=O) groups is 1. The van der Waals surface area contributed by atoms with Gasteiger partial charge in [-0.05, 0) is 24.8 Å². The van der Waals surface area contributed by atoms with Gasteiger partial charge in [0.15, 0.2) is 0 Å². The van der Waals surface area contributed by atoms with Gasteiger partial charge in [0.2, 0.25) is 5.91 Å². The molecule has 5 heteroatoms. The lowest BCUT2D eigenvalue weighted by atomic mass is 10.1. The maximum Gasteiger partial charge on any atom is 0.228 e. The van der Waals surface area contributed by atoms with Crippen LogP contribution in [0.4, 0.5) is 0 Å². The molecule has 1 atom stereocenters. The van der Waals surface area contributed by atoms with Crippen LogP contribution in [0.3, 0.4) is 0 Å². The highest BCUT2D eigenvalue weighted by atomic mass is 16.2. The monoisotopic (exact) mass is 184 g/mol. The zero-order chi connectivity index (χ0) is 10.3. The van der Waals surface area contributed by atoms with Crippen LogP contribution in [0, 0.1) is 5.92 Å². The molecule has 0 aromatic heterocycles. The lowest BCUT2D eigenvalue weighted by Crippen LogP contribution is -2.32. The number of nitrogens with one attached hydrogen (secondary N) is 1. The molecule has 0 bridgehead atoms. The SMILES string of the molecule is CC(C)CCNC(=O)C(C)N=[N+]=[N-]. The number of hydrogen-bond acceptors (Lipinski definition) is 2. The van der Waals surface area contributed by atoms with Crippen molar-refractivity contribution >= 4 is 5.91 Å². The predicted octanol–water partition coefficient (Wildman–Crippen LogP) is 1.85. The van der Waals surface area contributed by atoms with Gasteiger partial charge in [0.05, 0.1) is 0 Å². The maximum atomic E-state index is 11.1. The van der Waals surface area contributed by atoms with Crippen molar-refractivity contribution in [1.82, 2.24) is 5.32 Å². The Hall–Kier alpha value is -1.22. The molecule has 1 N–H and O–H groups in total. The Labute approximate surface area is 78.1 Å². The van der Waals surface area contributed by atoms with E-state index < -0.39 is 6.04 Å². The van der Waals surface area contributed by atoms with Crippen molar-refractivity contribution in [2.45, 2.75) is 33.2 Å². The van der Waals surface area contributed by atoms with Gasteiger partial charge < -0.3 is 5.32 Å². The molecule has 0 aromatic carbocycles. The van der Waals surface area contributed by atoms with E-state index in [1.807, 2.05) is 0 Å². The minimum Gasteiger partial charge on any atom is -0.356 e. The second-order valence-corrected chi connectivity index (χ2v) is 3.35. The summed E-state index contributed by atoms with van der Waals surface area (Å²) in [5, 5.41) is 5.99. The molecule has 0 aromatic rings. The van der Waals surface area contributed by atoms with Crippen molar-refractivity contribution in [2.24, 2.45) is 11.0 Å². The molecular weight excluding hydrogens is 168 g/mol. The summed E-state index contributed by atoms with van der Waals surface area (Å²) in [4.78, 5) is 13.7. The van der Waals surface area contributed by atoms with Gasteiger partial charge in [-0.15, -0.1) is 0 Å². The molecule has 0 fully saturated rings. The third-order valence-corrected chi connectivity index (χ3v) is 1.63. The summed E-state index contributed by atoms with van der Waals surface area (Å²) in [7, 11) is 0. The minimum atomic E-state index is -0.614. The lowest BCUT2D eigenvalue weighted by molar-refractivity contribution is -0.121. The largest absolute Gasteiger partial charge is 0.356 e. The van der Waals surface area contributed by atoms with E-state index in [1.54, 1.807) is 6.92 Å². The third kappa shape index (κ3) is 5.99. The van der Waals surface area contributed by atoms with Crippen molar-refractivity contribution in [3.8, 4) is 0 Å². The summed E-state index contributed by atoms with van der Waals surface area (Å²) in [6, 6.07) is -0.614. The molecular formula is C8H16N4O. The first-order chi connectivity index (χ1) is 6.07. The standard InChI is InChI=1S/C8H16N4O/c1-6(2)4-5-10-8(13)7(3)11-12-9/h6-7H,4-5H2,1-3H3,(H,10,13). The Balaban J connectivity index is 3.68. The molecule has 0 radical (unpaired) electrons. The first kappa shape index (κ1) is 11.8. The summed E-state index contributed by atoms with van der Waals surface area (Å²) in [5.41, 5.74) is 8.08.